The topological polar surface area (TPSA) is 12.0 Å². The SMILES string of the molecule is CC(C)C(CNC1CC1)c1cccs1. The van der Waals surface area contributed by atoms with Crippen LogP contribution in [0.1, 0.15) is 37.5 Å². The van der Waals surface area contributed by atoms with E-state index in [2.05, 4.69) is 36.7 Å². The van der Waals surface area contributed by atoms with E-state index in [1.807, 2.05) is 11.3 Å². The average molecular weight is 209 g/mol. The van der Waals surface area contributed by atoms with E-state index in [0.717, 1.165) is 18.5 Å². The lowest BCUT2D eigenvalue weighted by molar-refractivity contribution is 0.466. The van der Waals surface area contributed by atoms with Gasteiger partial charge in [-0.1, -0.05) is 19.9 Å². The highest BCUT2D eigenvalue weighted by Gasteiger charge is 2.23. The lowest BCUT2D eigenvalue weighted by atomic mass is 9.94. The van der Waals surface area contributed by atoms with E-state index in [9.17, 15) is 0 Å². The van der Waals surface area contributed by atoms with Gasteiger partial charge in [0, 0.05) is 23.4 Å². The highest BCUT2D eigenvalue weighted by atomic mass is 32.1. The summed E-state index contributed by atoms with van der Waals surface area (Å²) < 4.78 is 0. The second-order valence-corrected chi connectivity index (χ2v) is 5.53. The van der Waals surface area contributed by atoms with Crippen LogP contribution < -0.4 is 5.32 Å². The Morgan fingerprint density at radius 2 is 2.29 bits per heavy atom. The molecule has 1 fully saturated rings. The van der Waals surface area contributed by atoms with Crippen LogP contribution in [-0.2, 0) is 0 Å². The van der Waals surface area contributed by atoms with Gasteiger partial charge in [-0.05, 0) is 30.2 Å². The fraction of sp³-hybridized carbons (Fsp3) is 0.667. The smallest absolute Gasteiger partial charge is 0.00914 e. The van der Waals surface area contributed by atoms with E-state index >= 15 is 0 Å². The molecule has 0 radical (unpaired) electrons. The number of rotatable bonds is 5. The first-order valence-electron chi connectivity index (χ1n) is 5.54. The fourth-order valence-corrected chi connectivity index (χ4v) is 2.75. The van der Waals surface area contributed by atoms with E-state index in [1.165, 1.54) is 17.7 Å². The van der Waals surface area contributed by atoms with Crippen LogP contribution in [0.3, 0.4) is 0 Å². The molecule has 1 aromatic rings. The van der Waals surface area contributed by atoms with E-state index in [0.29, 0.717) is 5.92 Å². The molecule has 0 aromatic carbocycles. The molecule has 1 heterocycles. The lowest BCUT2D eigenvalue weighted by Crippen LogP contribution is -2.25. The Bertz CT molecular complexity index is 262. The summed E-state index contributed by atoms with van der Waals surface area (Å²) in [6.07, 6.45) is 2.77. The second kappa shape index (κ2) is 4.45. The molecule has 1 aliphatic rings. The van der Waals surface area contributed by atoms with Crippen molar-refractivity contribution in [3.63, 3.8) is 0 Å². The lowest BCUT2D eigenvalue weighted by Gasteiger charge is -2.20. The van der Waals surface area contributed by atoms with Gasteiger partial charge in [-0.3, -0.25) is 0 Å². The van der Waals surface area contributed by atoms with Crippen molar-refractivity contribution < 1.29 is 0 Å². The summed E-state index contributed by atoms with van der Waals surface area (Å²) in [5, 5.41) is 5.82. The third-order valence-corrected chi connectivity index (χ3v) is 3.92. The number of nitrogens with one attached hydrogen (secondary N) is 1. The summed E-state index contributed by atoms with van der Waals surface area (Å²) in [4.78, 5) is 1.54. The predicted molar refractivity (Wildman–Crippen MR) is 62.9 cm³/mol. The van der Waals surface area contributed by atoms with Crippen molar-refractivity contribution in [3.05, 3.63) is 22.4 Å². The zero-order valence-electron chi connectivity index (χ0n) is 8.99. The minimum Gasteiger partial charge on any atom is -0.313 e. The first-order chi connectivity index (χ1) is 6.77. The van der Waals surface area contributed by atoms with Crippen LogP contribution in [0.5, 0.6) is 0 Å². The van der Waals surface area contributed by atoms with Gasteiger partial charge < -0.3 is 5.32 Å². The predicted octanol–water partition coefficient (Wildman–Crippen LogP) is 3.24. The third kappa shape index (κ3) is 2.58. The van der Waals surface area contributed by atoms with Gasteiger partial charge in [0.15, 0.2) is 0 Å². The Balaban J connectivity index is 1.92. The fourth-order valence-electron chi connectivity index (χ4n) is 1.75. The highest BCUT2D eigenvalue weighted by Crippen LogP contribution is 2.29. The molecule has 0 bridgehead atoms. The van der Waals surface area contributed by atoms with Gasteiger partial charge >= 0.3 is 0 Å². The second-order valence-electron chi connectivity index (χ2n) is 4.55. The Morgan fingerprint density at radius 3 is 2.79 bits per heavy atom. The van der Waals surface area contributed by atoms with Gasteiger partial charge in [-0.25, -0.2) is 0 Å². The van der Waals surface area contributed by atoms with Gasteiger partial charge in [-0.15, -0.1) is 11.3 Å². The van der Waals surface area contributed by atoms with Gasteiger partial charge in [0.05, 0.1) is 0 Å². The quantitative estimate of drug-likeness (QED) is 0.785. The normalized spacial score (nSPS) is 18.8. The van der Waals surface area contributed by atoms with Crippen LogP contribution in [0.4, 0.5) is 0 Å². The molecule has 1 nitrogen and oxygen atoms in total. The van der Waals surface area contributed by atoms with Crippen molar-refractivity contribution in [3.8, 4) is 0 Å². The van der Waals surface area contributed by atoms with Gasteiger partial charge in [0.25, 0.3) is 0 Å². The van der Waals surface area contributed by atoms with Crippen molar-refractivity contribution >= 4 is 11.3 Å². The molecule has 0 amide bonds. The molecule has 0 spiro atoms. The minimum absolute atomic E-state index is 0.704. The maximum absolute atomic E-state index is 3.63. The molecule has 14 heavy (non-hydrogen) atoms. The summed E-state index contributed by atoms with van der Waals surface area (Å²) in [5.74, 6) is 1.44. The largest absolute Gasteiger partial charge is 0.313 e. The average Bonchev–Trinajstić information content (AvgIpc) is 2.80. The summed E-state index contributed by atoms with van der Waals surface area (Å²) in [7, 11) is 0. The molecule has 1 aliphatic carbocycles. The van der Waals surface area contributed by atoms with Crippen LogP contribution in [-0.4, -0.2) is 12.6 Å². The molecule has 1 unspecified atom stereocenters. The van der Waals surface area contributed by atoms with Gasteiger partial charge in [0.1, 0.15) is 0 Å². The van der Waals surface area contributed by atoms with Crippen LogP contribution in [0.25, 0.3) is 0 Å². The Labute approximate surface area is 90.5 Å². The number of thiophene rings is 1. The van der Waals surface area contributed by atoms with E-state index < -0.39 is 0 Å². The van der Waals surface area contributed by atoms with E-state index in [1.54, 1.807) is 0 Å². The third-order valence-electron chi connectivity index (χ3n) is 2.92. The molecule has 0 aliphatic heterocycles. The summed E-state index contributed by atoms with van der Waals surface area (Å²) in [6.45, 7) is 5.79. The van der Waals surface area contributed by atoms with E-state index in [-0.39, 0.29) is 0 Å². The molecule has 0 saturated heterocycles. The molecular weight excluding hydrogens is 190 g/mol. The number of hydrogen-bond donors (Lipinski definition) is 1. The summed E-state index contributed by atoms with van der Waals surface area (Å²) >= 11 is 1.89. The Kier molecular flexibility index (Phi) is 3.24. The minimum atomic E-state index is 0.704. The first-order valence-corrected chi connectivity index (χ1v) is 6.42. The molecular formula is C12H19NS. The monoisotopic (exact) mass is 209 g/mol. The molecule has 1 aromatic heterocycles. The summed E-state index contributed by atoms with van der Waals surface area (Å²) in [6, 6.07) is 5.26. The summed E-state index contributed by atoms with van der Waals surface area (Å²) in [5.41, 5.74) is 0. The molecule has 2 heteroatoms. The van der Waals surface area contributed by atoms with Crippen LogP contribution in [0.15, 0.2) is 17.5 Å². The highest BCUT2D eigenvalue weighted by molar-refractivity contribution is 7.10. The van der Waals surface area contributed by atoms with Crippen molar-refractivity contribution in [1.82, 2.24) is 5.32 Å². The molecule has 1 saturated carbocycles. The Hall–Kier alpha value is -0.340. The maximum Gasteiger partial charge on any atom is 0.00914 e. The van der Waals surface area contributed by atoms with Crippen molar-refractivity contribution in [1.29, 1.82) is 0 Å². The van der Waals surface area contributed by atoms with Crippen molar-refractivity contribution in [2.75, 3.05) is 6.54 Å². The molecule has 1 N–H and O–H groups in total. The molecule has 78 valence electrons. The van der Waals surface area contributed by atoms with Crippen molar-refractivity contribution in [2.24, 2.45) is 5.92 Å². The zero-order valence-corrected chi connectivity index (χ0v) is 9.81. The standard InChI is InChI=1S/C12H19NS/c1-9(2)11(8-13-10-5-6-10)12-4-3-7-14-12/h3-4,7,9-11,13H,5-6,8H2,1-2H3. The van der Waals surface area contributed by atoms with Crippen LogP contribution >= 0.6 is 11.3 Å². The van der Waals surface area contributed by atoms with Crippen LogP contribution in [0.2, 0.25) is 0 Å². The maximum atomic E-state index is 3.63. The van der Waals surface area contributed by atoms with E-state index in [4.69, 9.17) is 0 Å². The number of hydrogen-bond acceptors (Lipinski definition) is 2. The Morgan fingerprint density at radius 1 is 1.50 bits per heavy atom. The molecule has 1 atom stereocenters. The molecule has 2 rings (SSSR count). The van der Waals surface area contributed by atoms with Crippen molar-refractivity contribution in [2.45, 2.75) is 38.6 Å². The van der Waals surface area contributed by atoms with Gasteiger partial charge in [0.2, 0.25) is 0 Å². The first kappa shape index (κ1) is 10.2. The van der Waals surface area contributed by atoms with Crippen LogP contribution in [0, 0.1) is 5.92 Å². The zero-order chi connectivity index (χ0) is 9.97. The van der Waals surface area contributed by atoms with Gasteiger partial charge in [-0.2, -0.15) is 0 Å².